The number of benzene rings is 2. The largest absolute Gasteiger partial charge is 0.450 e. The summed E-state index contributed by atoms with van der Waals surface area (Å²) in [5, 5.41) is 0. The van der Waals surface area contributed by atoms with Crippen molar-refractivity contribution in [1.82, 2.24) is 4.90 Å². The first-order valence-corrected chi connectivity index (χ1v) is 9.85. The number of carbonyl (C=O) groups is 1. The van der Waals surface area contributed by atoms with Crippen molar-refractivity contribution >= 4 is 16.9 Å². The van der Waals surface area contributed by atoms with Crippen molar-refractivity contribution in [3.8, 4) is 0 Å². The Morgan fingerprint density at radius 2 is 1.56 bits per heavy atom. The molecular formula is C20H21NO3S. The van der Waals surface area contributed by atoms with Gasteiger partial charge in [-0.05, 0) is 43.0 Å². The topological polar surface area (TPSA) is 46.6 Å². The fraction of sp³-hybridized carbons (Fsp3) is 0.350. The van der Waals surface area contributed by atoms with E-state index in [1.165, 1.54) is 0 Å². The highest BCUT2D eigenvalue weighted by atomic mass is 32.2. The number of carbonyl (C=O) groups excluding carboxylic acids is 1. The predicted molar refractivity (Wildman–Crippen MR) is 96.2 cm³/mol. The molecule has 1 saturated heterocycles. The lowest BCUT2D eigenvalue weighted by Gasteiger charge is -2.45. The van der Waals surface area contributed by atoms with Gasteiger partial charge in [-0.15, -0.1) is 0 Å². The van der Waals surface area contributed by atoms with E-state index in [9.17, 15) is 9.00 Å². The molecule has 2 heterocycles. The minimum atomic E-state index is -1.14. The maximum absolute atomic E-state index is 13.0. The van der Waals surface area contributed by atoms with Crippen molar-refractivity contribution in [2.24, 2.45) is 0 Å². The van der Waals surface area contributed by atoms with E-state index in [2.05, 4.69) is 12.1 Å². The first kappa shape index (κ1) is 16.3. The third-order valence-electron chi connectivity index (χ3n) is 5.35. The van der Waals surface area contributed by atoms with Crippen LogP contribution in [0, 0.1) is 0 Å². The van der Waals surface area contributed by atoms with Gasteiger partial charge < -0.3 is 9.64 Å². The van der Waals surface area contributed by atoms with Gasteiger partial charge in [0.25, 0.3) is 0 Å². The maximum Gasteiger partial charge on any atom is 0.409 e. The number of rotatable bonds is 1. The van der Waals surface area contributed by atoms with Crippen LogP contribution in [0.1, 0.15) is 30.9 Å². The molecule has 0 unspecified atom stereocenters. The monoisotopic (exact) mass is 355 g/mol. The number of piperidine rings is 1. The lowest BCUT2D eigenvalue weighted by atomic mass is 9.67. The van der Waals surface area contributed by atoms with Gasteiger partial charge in [0.2, 0.25) is 0 Å². The second kappa shape index (κ2) is 6.30. The average Bonchev–Trinajstić information content (AvgIpc) is 2.67. The molecular weight excluding hydrogens is 334 g/mol. The van der Waals surface area contributed by atoms with E-state index < -0.39 is 10.8 Å². The number of hydrogen-bond donors (Lipinski definition) is 0. The van der Waals surface area contributed by atoms with E-state index in [-0.39, 0.29) is 11.5 Å². The molecule has 0 bridgehead atoms. The molecule has 1 amide bonds. The van der Waals surface area contributed by atoms with Crippen LogP contribution < -0.4 is 0 Å². The van der Waals surface area contributed by atoms with Gasteiger partial charge in [-0.1, -0.05) is 36.4 Å². The van der Waals surface area contributed by atoms with Crippen molar-refractivity contribution in [3.63, 3.8) is 0 Å². The number of fused-ring (bicyclic) bond motifs is 4. The van der Waals surface area contributed by atoms with Gasteiger partial charge in [0.05, 0.1) is 17.4 Å². The second-order valence-electron chi connectivity index (χ2n) is 6.53. The second-order valence-corrected chi connectivity index (χ2v) is 7.95. The summed E-state index contributed by atoms with van der Waals surface area (Å²) in [6, 6.07) is 16.1. The smallest absolute Gasteiger partial charge is 0.409 e. The zero-order chi connectivity index (χ0) is 17.4. The molecule has 2 aromatic carbocycles. The van der Waals surface area contributed by atoms with E-state index in [4.69, 9.17) is 4.74 Å². The van der Waals surface area contributed by atoms with Crippen molar-refractivity contribution in [3.05, 3.63) is 59.7 Å². The molecule has 2 aliphatic heterocycles. The summed E-state index contributed by atoms with van der Waals surface area (Å²) in [6.45, 7) is 3.51. The van der Waals surface area contributed by atoms with E-state index in [0.29, 0.717) is 19.7 Å². The fourth-order valence-corrected chi connectivity index (χ4v) is 5.70. The van der Waals surface area contributed by atoms with Crippen LogP contribution in [0.3, 0.4) is 0 Å². The Morgan fingerprint density at radius 3 is 2.08 bits per heavy atom. The first-order chi connectivity index (χ1) is 12.2. The highest BCUT2D eigenvalue weighted by Crippen LogP contribution is 2.49. The number of ether oxygens (including phenoxy) is 1. The predicted octanol–water partition coefficient (Wildman–Crippen LogP) is 3.71. The molecule has 0 atom stereocenters. The van der Waals surface area contributed by atoms with E-state index in [1.807, 2.05) is 43.3 Å². The molecule has 0 aliphatic carbocycles. The van der Waals surface area contributed by atoms with Crippen LogP contribution in [0.25, 0.3) is 0 Å². The standard InChI is InChI=1S/C20H21NO3S/c1-2-24-19(22)21-13-11-20(12-14-21)15-7-3-5-9-17(15)25(23)18-10-6-4-8-16(18)20/h3-10H,2,11-14H2,1H3. The molecule has 0 saturated carbocycles. The molecule has 0 radical (unpaired) electrons. The van der Waals surface area contributed by atoms with Gasteiger partial charge in [0.15, 0.2) is 0 Å². The minimum Gasteiger partial charge on any atom is -0.450 e. The summed E-state index contributed by atoms with van der Waals surface area (Å²) < 4.78 is 18.2. The Morgan fingerprint density at radius 1 is 1.04 bits per heavy atom. The first-order valence-electron chi connectivity index (χ1n) is 8.70. The third kappa shape index (κ3) is 2.49. The average molecular weight is 355 g/mol. The van der Waals surface area contributed by atoms with Gasteiger partial charge >= 0.3 is 6.09 Å². The number of likely N-dealkylation sites (tertiary alicyclic amines) is 1. The lowest BCUT2D eigenvalue weighted by molar-refractivity contribution is 0.0900. The van der Waals surface area contributed by atoms with Crippen molar-refractivity contribution in [2.45, 2.75) is 35.0 Å². The molecule has 2 aromatic rings. The highest BCUT2D eigenvalue weighted by molar-refractivity contribution is 7.85. The van der Waals surface area contributed by atoms with E-state index >= 15 is 0 Å². The van der Waals surface area contributed by atoms with E-state index in [1.54, 1.807) is 4.90 Å². The van der Waals surface area contributed by atoms with E-state index in [0.717, 1.165) is 33.8 Å². The Kier molecular flexibility index (Phi) is 4.12. The number of nitrogens with zero attached hydrogens (tertiary/aromatic N) is 1. The number of amides is 1. The molecule has 4 nitrogen and oxygen atoms in total. The molecule has 1 fully saturated rings. The van der Waals surface area contributed by atoms with Crippen LogP contribution in [0.2, 0.25) is 0 Å². The van der Waals surface area contributed by atoms with Crippen LogP contribution in [0.4, 0.5) is 4.79 Å². The Hall–Kier alpha value is -2.14. The summed E-state index contributed by atoms with van der Waals surface area (Å²) in [6.07, 6.45) is 1.40. The highest BCUT2D eigenvalue weighted by Gasteiger charge is 2.45. The van der Waals surface area contributed by atoms with Gasteiger partial charge in [0.1, 0.15) is 0 Å². The van der Waals surface area contributed by atoms with Gasteiger partial charge in [0, 0.05) is 28.3 Å². The van der Waals surface area contributed by atoms with Gasteiger partial charge in [-0.2, -0.15) is 0 Å². The molecule has 130 valence electrons. The van der Waals surface area contributed by atoms with Crippen LogP contribution >= 0.6 is 0 Å². The summed E-state index contributed by atoms with van der Waals surface area (Å²) in [7, 11) is -1.14. The lowest BCUT2D eigenvalue weighted by Crippen LogP contribution is -2.47. The van der Waals surface area contributed by atoms with Crippen LogP contribution in [0.15, 0.2) is 58.3 Å². The van der Waals surface area contributed by atoms with Crippen molar-refractivity contribution in [1.29, 1.82) is 0 Å². The molecule has 25 heavy (non-hydrogen) atoms. The SMILES string of the molecule is CCOC(=O)N1CCC2(CC1)c1ccccc1S(=O)c1ccccc12. The third-order valence-corrected chi connectivity index (χ3v) is 6.86. The Labute approximate surface area is 150 Å². The molecule has 0 N–H and O–H groups in total. The normalized spacial score (nSPS) is 18.5. The zero-order valence-electron chi connectivity index (χ0n) is 14.2. The summed E-state index contributed by atoms with van der Waals surface area (Å²) in [4.78, 5) is 15.7. The zero-order valence-corrected chi connectivity index (χ0v) is 15.1. The molecule has 2 aliphatic rings. The van der Waals surface area contributed by atoms with Gasteiger partial charge in [-0.25, -0.2) is 9.00 Å². The maximum atomic E-state index is 13.0. The van der Waals surface area contributed by atoms with Crippen molar-refractivity contribution in [2.75, 3.05) is 19.7 Å². The van der Waals surface area contributed by atoms with Crippen LogP contribution in [-0.2, 0) is 21.0 Å². The Bertz CT molecular complexity index is 789. The molecule has 5 heteroatoms. The minimum absolute atomic E-state index is 0.176. The quantitative estimate of drug-likeness (QED) is 0.783. The van der Waals surface area contributed by atoms with Crippen LogP contribution in [0.5, 0.6) is 0 Å². The molecule has 1 spiro atoms. The Balaban J connectivity index is 1.77. The summed E-state index contributed by atoms with van der Waals surface area (Å²) >= 11 is 0. The molecule has 4 rings (SSSR count). The summed E-state index contributed by atoms with van der Waals surface area (Å²) in [5.74, 6) is 0. The molecule has 0 aromatic heterocycles. The van der Waals surface area contributed by atoms with Crippen molar-refractivity contribution < 1.29 is 13.7 Å². The number of hydrogen-bond acceptors (Lipinski definition) is 3. The van der Waals surface area contributed by atoms with Crippen LogP contribution in [-0.4, -0.2) is 34.9 Å². The summed E-state index contributed by atoms with van der Waals surface area (Å²) in [5.41, 5.74) is 2.12. The fourth-order valence-electron chi connectivity index (χ4n) is 4.14. The van der Waals surface area contributed by atoms with Gasteiger partial charge in [-0.3, -0.25) is 0 Å².